The molecule has 2 rings (SSSR count). The Morgan fingerprint density at radius 3 is 3.06 bits per heavy atom. The van der Waals surface area contributed by atoms with Gasteiger partial charge in [-0.15, -0.1) is 11.8 Å². The van der Waals surface area contributed by atoms with Gasteiger partial charge in [0, 0.05) is 5.75 Å². The molecule has 7 heteroatoms. The first-order valence-electron chi connectivity index (χ1n) is 5.24. The van der Waals surface area contributed by atoms with Crippen LogP contribution in [0.25, 0.3) is 0 Å². The molecule has 2 unspecified atom stereocenters. The van der Waals surface area contributed by atoms with Crippen molar-refractivity contribution in [1.29, 1.82) is 0 Å². The number of ether oxygens (including phenoxy) is 1. The molecule has 0 aromatic heterocycles. The standard InChI is InChI=1S/C11H11BrFNO3S/c12-7-3-6(13)1-2-9(7)17-4-10-14-8(5-18-10)11(15)16/h1-3,8,10,14H,4-5H2,(H,15,16). The first-order chi connectivity index (χ1) is 8.56. The first kappa shape index (κ1) is 13.6. The third-order valence-corrected chi connectivity index (χ3v) is 4.25. The van der Waals surface area contributed by atoms with Crippen LogP contribution in [0.2, 0.25) is 0 Å². The molecule has 98 valence electrons. The zero-order valence-corrected chi connectivity index (χ0v) is 11.6. The van der Waals surface area contributed by atoms with Gasteiger partial charge >= 0.3 is 5.97 Å². The number of thioether (sulfide) groups is 1. The molecule has 0 amide bonds. The van der Waals surface area contributed by atoms with Gasteiger partial charge in [-0.25, -0.2) is 4.39 Å². The summed E-state index contributed by atoms with van der Waals surface area (Å²) in [5, 5.41) is 11.7. The molecule has 2 atom stereocenters. The summed E-state index contributed by atoms with van der Waals surface area (Å²) in [6, 6.07) is 3.65. The van der Waals surface area contributed by atoms with Gasteiger partial charge in [-0.3, -0.25) is 10.1 Å². The maximum Gasteiger partial charge on any atom is 0.321 e. The van der Waals surface area contributed by atoms with Crippen LogP contribution in [0.1, 0.15) is 0 Å². The highest BCUT2D eigenvalue weighted by atomic mass is 79.9. The molecule has 1 fully saturated rings. The lowest BCUT2D eigenvalue weighted by Crippen LogP contribution is -2.38. The quantitative estimate of drug-likeness (QED) is 0.882. The molecule has 0 bridgehead atoms. The second-order valence-electron chi connectivity index (χ2n) is 3.77. The Kier molecular flexibility index (Phi) is 4.47. The van der Waals surface area contributed by atoms with Crippen LogP contribution in [-0.2, 0) is 4.79 Å². The van der Waals surface area contributed by atoms with Crippen molar-refractivity contribution in [3.8, 4) is 5.75 Å². The number of carboxylic acid groups (broad SMARTS) is 1. The summed E-state index contributed by atoms with van der Waals surface area (Å²) in [5.74, 6) is -0.132. The van der Waals surface area contributed by atoms with E-state index in [0.717, 1.165) is 0 Å². The highest BCUT2D eigenvalue weighted by Crippen LogP contribution is 2.27. The van der Waals surface area contributed by atoms with E-state index in [2.05, 4.69) is 21.2 Å². The SMILES string of the molecule is O=C(O)C1CSC(COc2ccc(F)cc2Br)N1. The van der Waals surface area contributed by atoms with E-state index in [1.165, 1.54) is 30.0 Å². The summed E-state index contributed by atoms with van der Waals surface area (Å²) in [6.45, 7) is 0.332. The largest absolute Gasteiger partial charge is 0.490 e. The predicted molar refractivity (Wildman–Crippen MR) is 70.4 cm³/mol. The van der Waals surface area contributed by atoms with Gasteiger partial charge in [0.05, 0.1) is 9.85 Å². The van der Waals surface area contributed by atoms with Crippen LogP contribution in [0.15, 0.2) is 22.7 Å². The lowest BCUT2D eigenvalue weighted by molar-refractivity contribution is -0.138. The fourth-order valence-electron chi connectivity index (χ4n) is 1.53. The minimum Gasteiger partial charge on any atom is -0.490 e. The molecule has 4 nitrogen and oxygen atoms in total. The number of benzene rings is 1. The monoisotopic (exact) mass is 335 g/mol. The van der Waals surface area contributed by atoms with Crippen molar-refractivity contribution in [3.63, 3.8) is 0 Å². The van der Waals surface area contributed by atoms with E-state index < -0.39 is 12.0 Å². The number of nitrogens with one attached hydrogen (secondary N) is 1. The smallest absolute Gasteiger partial charge is 0.321 e. The summed E-state index contributed by atoms with van der Waals surface area (Å²) in [6.07, 6.45) is 0. The second-order valence-corrected chi connectivity index (χ2v) is 5.86. The average Bonchev–Trinajstić information content (AvgIpc) is 2.76. The summed E-state index contributed by atoms with van der Waals surface area (Å²) < 4.78 is 18.9. The highest BCUT2D eigenvalue weighted by Gasteiger charge is 2.29. The van der Waals surface area contributed by atoms with E-state index in [1.807, 2.05) is 0 Å². The Labute approximate surface area is 116 Å². The highest BCUT2D eigenvalue weighted by molar-refractivity contribution is 9.10. The van der Waals surface area contributed by atoms with Gasteiger partial charge in [-0.2, -0.15) is 0 Å². The minimum absolute atomic E-state index is 0.0666. The molecule has 2 N–H and O–H groups in total. The zero-order chi connectivity index (χ0) is 13.1. The van der Waals surface area contributed by atoms with Crippen molar-refractivity contribution >= 4 is 33.7 Å². The van der Waals surface area contributed by atoms with Crippen molar-refractivity contribution in [1.82, 2.24) is 5.32 Å². The Morgan fingerprint density at radius 1 is 1.67 bits per heavy atom. The lowest BCUT2D eigenvalue weighted by Gasteiger charge is -2.13. The molecule has 0 radical (unpaired) electrons. The number of rotatable bonds is 4. The number of hydrogen-bond acceptors (Lipinski definition) is 4. The van der Waals surface area contributed by atoms with Gasteiger partial charge < -0.3 is 9.84 Å². The number of aliphatic carboxylic acids is 1. The van der Waals surface area contributed by atoms with Gasteiger partial charge in [0.25, 0.3) is 0 Å². The summed E-state index contributed by atoms with van der Waals surface area (Å²) >= 11 is 4.71. The normalized spacial score (nSPS) is 23.0. The maximum atomic E-state index is 12.9. The number of carbonyl (C=O) groups is 1. The number of hydrogen-bond donors (Lipinski definition) is 2. The van der Waals surface area contributed by atoms with Gasteiger partial charge in [-0.1, -0.05) is 0 Å². The van der Waals surface area contributed by atoms with E-state index in [1.54, 1.807) is 0 Å². The van der Waals surface area contributed by atoms with Crippen LogP contribution in [0.4, 0.5) is 4.39 Å². The molecule has 1 heterocycles. The molecular formula is C11H11BrFNO3S. The molecule has 0 spiro atoms. The lowest BCUT2D eigenvalue weighted by atomic mass is 10.3. The molecule has 0 saturated carbocycles. The van der Waals surface area contributed by atoms with E-state index in [-0.39, 0.29) is 11.2 Å². The van der Waals surface area contributed by atoms with E-state index in [4.69, 9.17) is 9.84 Å². The Morgan fingerprint density at radius 2 is 2.44 bits per heavy atom. The van der Waals surface area contributed by atoms with Gasteiger partial charge in [0.2, 0.25) is 0 Å². The van der Waals surface area contributed by atoms with Crippen LogP contribution in [0.5, 0.6) is 5.75 Å². The van der Waals surface area contributed by atoms with Crippen LogP contribution in [-0.4, -0.2) is 34.9 Å². The molecule has 1 aliphatic rings. The van der Waals surface area contributed by atoms with Crippen LogP contribution < -0.4 is 10.1 Å². The van der Waals surface area contributed by atoms with Gasteiger partial charge in [0.1, 0.15) is 24.2 Å². The molecule has 1 saturated heterocycles. The van der Waals surface area contributed by atoms with Crippen molar-refractivity contribution in [2.75, 3.05) is 12.4 Å². The Bertz CT molecular complexity index is 460. The third kappa shape index (κ3) is 3.37. The van der Waals surface area contributed by atoms with Crippen molar-refractivity contribution in [2.24, 2.45) is 0 Å². The second kappa shape index (κ2) is 5.90. The third-order valence-electron chi connectivity index (χ3n) is 2.43. The number of carboxylic acids is 1. The molecule has 1 aromatic carbocycles. The van der Waals surface area contributed by atoms with Crippen LogP contribution in [0, 0.1) is 5.82 Å². The maximum absolute atomic E-state index is 12.9. The number of halogens is 2. The van der Waals surface area contributed by atoms with Gasteiger partial charge in [-0.05, 0) is 34.1 Å². The molecule has 18 heavy (non-hydrogen) atoms. The van der Waals surface area contributed by atoms with Crippen molar-refractivity contribution in [2.45, 2.75) is 11.4 Å². The molecular weight excluding hydrogens is 325 g/mol. The van der Waals surface area contributed by atoms with E-state index in [0.29, 0.717) is 22.6 Å². The summed E-state index contributed by atoms with van der Waals surface area (Å²) in [4.78, 5) is 10.7. The topological polar surface area (TPSA) is 58.6 Å². The predicted octanol–water partition coefficient (Wildman–Crippen LogP) is 2.08. The fourth-order valence-corrected chi connectivity index (χ4v) is 3.08. The fraction of sp³-hybridized carbons (Fsp3) is 0.364. The van der Waals surface area contributed by atoms with E-state index >= 15 is 0 Å². The minimum atomic E-state index is -0.854. The summed E-state index contributed by atoms with van der Waals surface area (Å²) in [5.41, 5.74) is 0. The zero-order valence-electron chi connectivity index (χ0n) is 9.23. The first-order valence-corrected chi connectivity index (χ1v) is 7.09. The Balaban J connectivity index is 1.87. The van der Waals surface area contributed by atoms with Crippen LogP contribution in [0.3, 0.4) is 0 Å². The van der Waals surface area contributed by atoms with Crippen LogP contribution >= 0.6 is 27.7 Å². The average molecular weight is 336 g/mol. The Hall–Kier alpha value is -0.790. The van der Waals surface area contributed by atoms with Gasteiger partial charge in [0.15, 0.2) is 0 Å². The van der Waals surface area contributed by atoms with Crippen molar-refractivity contribution < 1.29 is 19.0 Å². The summed E-state index contributed by atoms with van der Waals surface area (Å²) in [7, 11) is 0. The molecule has 1 aliphatic heterocycles. The molecule has 0 aliphatic carbocycles. The van der Waals surface area contributed by atoms with E-state index in [9.17, 15) is 9.18 Å². The van der Waals surface area contributed by atoms with Crippen molar-refractivity contribution in [3.05, 3.63) is 28.5 Å². The molecule has 1 aromatic rings.